The van der Waals surface area contributed by atoms with Crippen LogP contribution in [0, 0.1) is 0 Å². The molecule has 0 aromatic rings. The van der Waals surface area contributed by atoms with Crippen LogP contribution in [0.3, 0.4) is 0 Å². The number of nitrogens with zero attached hydrogens (tertiary/aromatic N) is 1. The molecule has 0 amide bonds. The largest absolute Gasteiger partial charge is 0.311 e. The second kappa shape index (κ2) is 6.62. The van der Waals surface area contributed by atoms with Gasteiger partial charge in [0, 0.05) is 29.9 Å². The quantitative estimate of drug-likeness (QED) is 0.826. The molecule has 1 N–H and O–H groups in total. The van der Waals surface area contributed by atoms with Crippen LogP contribution < -0.4 is 5.32 Å². The zero-order valence-corrected chi connectivity index (χ0v) is 13.2. The molecule has 1 heterocycles. The van der Waals surface area contributed by atoms with Crippen molar-refractivity contribution in [2.45, 2.75) is 69.2 Å². The molecule has 1 saturated carbocycles. The fourth-order valence-electron chi connectivity index (χ4n) is 3.66. The van der Waals surface area contributed by atoms with Gasteiger partial charge in [0.05, 0.1) is 0 Å². The fraction of sp³-hybridized carbons (Fsp3) is 1.00. The lowest BCUT2D eigenvalue weighted by Gasteiger charge is -2.39. The van der Waals surface area contributed by atoms with Crippen LogP contribution in [0.2, 0.25) is 0 Å². The lowest BCUT2D eigenvalue weighted by Crippen LogP contribution is -2.51. The van der Waals surface area contributed by atoms with E-state index in [9.17, 15) is 0 Å². The summed E-state index contributed by atoms with van der Waals surface area (Å²) < 4.78 is 0.583. The topological polar surface area (TPSA) is 15.3 Å². The van der Waals surface area contributed by atoms with E-state index in [1.807, 2.05) is 0 Å². The van der Waals surface area contributed by atoms with Gasteiger partial charge in [0.25, 0.3) is 0 Å². The highest BCUT2D eigenvalue weighted by molar-refractivity contribution is 8.00. The molecule has 106 valence electrons. The molecule has 1 aliphatic heterocycles. The Morgan fingerprint density at radius 2 is 2.00 bits per heavy atom. The van der Waals surface area contributed by atoms with Gasteiger partial charge in [-0.25, -0.2) is 0 Å². The van der Waals surface area contributed by atoms with E-state index in [2.05, 4.69) is 42.1 Å². The van der Waals surface area contributed by atoms with E-state index >= 15 is 0 Å². The van der Waals surface area contributed by atoms with E-state index in [0.717, 1.165) is 6.04 Å². The second-order valence-corrected chi connectivity index (χ2v) is 7.76. The van der Waals surface area contributed by atoms with E-state index in [1.54, 1.807) is 0 Å². The van der Waals surface area contributed by atoms with Crippen LogP contribution in [0.25, 0.3) is 0 Å². The third-order valence-corrected chi connectivity index (χ3v) is 5.94. The van der Waals surface area contributed by atoms with E-state index in [0.29, 0.717) is 10.8 Å². The van der Waals surface area contributed by atoms with E-state index in [1.165, 1.54) is 58.2 Å². The molecule has 0 bridgehead atoms. The average molecular weight is 270 g/mol. The first-order chi connectivity index (χ1) is 8.63. The van der Waals surface area contributed by atoms with E-state index in [-0.39, 0.29) is 0 Å². The number of nitrogens with one attached hydrogen (secondary N) is 1. The minimum atomic E-state index is 0.583. The van der Waals surface area contributed by atoms with Gasteiger partial charge in [0.1, 0.15) is 0 Å². The van der Waals surface area contributed by atoms with Gasteiger partial charge in [0.2, 0.25) is 0 Å². The molecule has 2 aliphatic rings. The van der Waals surface area contributed by atoms with Crippen LogP contribution in [-0.2, 0) is 0 Å². The standard InChI is InChI=1S/C15H30N2S/c1-13(2)16-14-7-6-10-17(11-14)12-15(18-3)8-4-5-9-15/h13-14,16H,4-12H2,1-3H3. The summed E-state index contributed by atoms with van der Waals surface area (Å²) >= 11 is 2.13. The Balaban J connectivity index is 1.85. The van der Waals surface area contributed by atoms with Crippen molar-refractivity contribution in [3.63, 3.8) is 0 Å². The van der Waals surface area contributed by atoms with Crippen molar-refractivity contribution < 1.29 is 0 Å². The van der Waals surface area contributed by atoms with Crippen molar-refractivity contribution in [1.82, 2.24) is 10.2 Å². The molecule has 2 rings (SSSR count). The van der Waals surface area contributed by atoms with Gasteiger partial charge in [-0.1, -0.05) is 26.7 Å². The Bertz CT molecular complexity index is 249. The lowest BCUT2D eigenvalue weighted by atomic mass is 10.0. The molecular formula is C15H30N2S. The number of thioether (sulfide) groups is 1. The summed E-state index contributed by atoms with van der Waals surface area (Å²) in [6, 6.07) is 1.34. The molecule has 18 heavy (non-hydrogen) atoms. The Morgan fingerprint density at radius 3 is 2.61 bits per heavy atom. The van der Waals surface area contributed by atoms with Gasteiger partial charge >= 0.3 is 0 Å². The Kier molecular flexibility index (Phi) is 5.40. The molecule has 1 saturated heterocycles. The molecule has 0 aromatic heterocycles. The van der Waals surface area contributed by atoms with E-state index in [4.69, 9.17) is 0 Å². The van der Waals surface area contributed by atoms with Crippen LogP contribution in [0.5, 0.6) is 0 Å². The molecule has 2 fully saturated rings. The molecule has 0 spiro atoms. The molecule has 1 aliphatic carbocycles. The summed E-state index contributed by atoms with van der Waals surface area (Å²) in [4.78, 5) is 2.73. The third kappa shape index (κ3) is 3.88. The van der Waals surface area contributed by atoms with Crippen molar-refractivity contribution in [2.75, 3.05) is 25.9 Å². The van der Waals surface area contributed by atoms with Crippen molar-refractivity contribution >= 4 is 11.8 Å². The van der Waals surface area contributed by atoms with Gasteiger partial charge in [-0.15, -0.1) is 0 Å². The fourth-order valence-corrected chi connectivity index (χ4v) is 4.67. The first-order valence-electron chi connectivity index (χ1n) is 7.67. The number of hydrogen-bond acceptors (Lipinski definition) is 3. The molecule has 0 radical (unpaired) electrons. The summed E-state index contributed by atoms with van der Waals surface area (Å²) in [5.41, 5.74) is 0. The van der Waals surface area contributed by atoms with Crippen molar-refractivity contribution in [3.05, 3.63) is 0 Å². The highest BCUT2D eigenvalue weighted by atomic mass is 32.2. The number of hydrogen-bond donors (Lipinski definition) is 1. The Morgan fingerprint density at radius 1 is 1.28 bits per heavy atom. The average Bonchev–Trinajstić information content (AvgIpc) is 2.78. The van der Waals surface area contributed by atoms with Crippen LogP contribution in [0.4, 0.5) is 0 Å². The van der Waals surface area contributed by atoms with Gasteiger partial charge in [-0.05, 0) is 38.5 Å². The molecule has 2 nitrogen and oxygen atoms in total. The maximum absolute atomic E-state index is 3.72. The zero-order chi connectivity index (χ0) is 13.0. The monoisotopic (exact) mass is 270 g/mol. The molecule has 1 unspecified atom stereocenters. The summed E-state index contributed by atoms with van der Waals surface area (Å²) in [6.45, 7) is 8.43. The van der Waals surface area contributed by atoms with Crippen LogP contribution in [0.1, 0.15) is 52.4 Å². The first-order valence-corrected chi connectivity index (χ1v) is 8.90. The summed E-state index contributed by atoms with van der Waals surface area (Å²) in [5, 5.41) is 3.72. The first kappa shape index (κ1) is 14.7. The summed E-state index contributed by atoms with van der Waals surface area (Å²) in [5.74, 6) is 0. The van der Waals surface area contributed by atoms with Crippen LogP contribution in [0.15, 0.2) is 0 Å². The third-order valence-electron chi connectivity index (χ3n) is 4.53. The minimum Gasteiger partial charge on any atom is -0.311 e. The maximum Gasteiger partial charge on any atom is 0.0284 e. The highest BCUT2D eigenvalue weighted by Crippen LogP contribution is 2.41. The summed E-state index contributed by atoms with van der Waals surface area (Å²) in [7, 11) is 0. The normalized spacial score (nSPS) is 29.0. The van der Waals surface area contributed by atoms with Crippen molar-refractivity contribution in [3.8, 4) is 0 Å². The molecule has 1 atom stereocenters. The SMILES string of the molecule is CSC1(CN2CCCC(NC(C)C)C2)CCCC1. The minimum absolute atomic E-state index is 0.583. The zero-order valence-electron chi connectivity index (χ0n) is 12.4. The summed E-state index contributed by atoms with van der Waals surface area (Å²) in [6.07, 6.45) is 10.8. The van der Waals surface area contributed by atoms with Gasteiger partial charge < -0.3 is 10.2 Å². The van der Waals surface area contributed by atoms with Crippen molar-refractivity contribution in [1.29, 1.82) is 0 Å². The second-order valence-electron chi connectivity index (χ2n) is 6.49. The van der Waals surface area contributed by atoms with Gasteiger partial charge in [0.15, 0.2) is 0 Å². The number of rotatable bonds is 5. The van der Waals surface area contributed by atoms with Crippen LogP contribution >= 0.6 is 11.8 Å². The smallest absolute Gasteiger partial charge is 0.0284 e. The highest BCUT2D eigenvalue weighted by Gasteiger charge is 2.35. The van der Waals surface area contributed by atoms with Crippen LogP contribution in [-0.4, -0.2) is 47.6 Å². The maximum atomic E-state index is 3.72. The predicted molar refractivity (Wildman–Crippen MR) is 82.4 cm³/mol. The Hall–Kier alpha value is 0.270. The molecular weight excluding hydrogens is 240 g/mol. The number of likely N-dealkylation sites (tertiary alicyclic amines) is 1. The number of piperidine rings is 1. The Labute approximate surface area is 117 Å². The molecule has 3 heteroatoms. The lowest BCUT2D eigenvalue weighted by molar-refractivity contribution is 0.170. The predicted octanol–water partition coefficient (Wildman–Crippen LogP) is 3.12. The van der Waals surface area contributed by atoms with Crippen molar-refractivity contribution in [2.24, 2.45) is 0 Å². The van der Waals surface area contributed by atoms with Gasteiger partial charge in [-0.3, -0.25) is 0 Å². The molecule has 0 aromatic carbocycles. The van der Waals surface area contributed by atoms with Gasteiger partial charge in [-0.2, -0.15) is 11.8 Å². The van der Waals surface area contributed by atoms with E-state index < -0.39 is 0 Å².